The molecule has 1 aromatic heterocycles. The quantitative estimate of drug-likeness (QED) is 0.763. The van der Waals surface area contributed by atoms with Crippen molar-refractivity contribution >= 4 is 21.8 Å². The minimum atomic E-state index is -3.52. The molecule has 0 aliphatic carbocycles. The molecule has 0 spiro atoms. The monoisotopic (exact) mass is 419 g/mol. The van der Waals surface area contributed by atoms with E-state index in [1.807, 2.05) is 19.9 Å². The molecule has 0 bridgehead atoms. The van der Waals surface area contributed by atoms with Gasteiger partial charge in [-0.3, -0.25) is 9.59 Å². The van der Waals surface area contributed by atoms with E-state index >= 15 is 0 Å². The number of aryl methyl sites for hydroxylation is 2. The summed E-state index contributed by atoms with van der Waals surface area (Å²) >= 11 is 0. The van der Waals surface area contributed by atoms with E-state index < -0.39 is 10.0 Å². The standard InChI is InChI=1S/C20H25N3O5S/c1-15-5-6-17(14-16(15)2)19(24)21-7-13-29(26,27)23-10-8-22(9-11-23)20(25)18-4-3-12-28-18/h3-6,12,14H,7-11,13H2,1-2H3,(H,21,24). The molecule has 1 fully saturated rings. The molecule has 1 N–H and O–H groups in total. The Hall–Kier alpha value is -2.65. The van der Waals surface area contributed by atoms with Crippen LogP contribution in [0.25, 0.3) is 0 Å². The van der Waals surface area contributed by atoms with Crippen LogP contribution in [-0.4, -0.2) is 67.9 Å². The van der Waals surface area contributed by atoms with E-state index in [9.17, 15) is 18.0 Å². The predicted octanol–water partition coefficient (Wildman–Crippen LogP) is 1.41. The molecule has 9 heteroatoms. The maximum absolute atomic E-state index is 12.6. The van der Waals surface area contributed by atoms with E-state index in [-0.39, 0.29) is 43.0 Å². The lowest BCUT2D eigenvalue weighted by atomic mass is 10.1. The van der Waals surface area contributed by atoms with E-state index in [2.05, 4.69) is 5.32 Å². The van der Waals surface area contributed by atoms with Gasteiger partial charge < -0.3 is 14.6 Å². The zero-order valence-corrected chi connectivity index (χ0v) is 17.4. The summed E-state index contributed by atoms with van der Waals surface area (Å²) in [6.07, 6.45) is 1.43. The highest BCUT2D eigenvalue weighted by atomic mass is 32.2. The maximum Gasteiger partial charge on any atom is 0.289 e. The first-order chi connectivity index (χ1) is 13.8. The van der Waals surface area contributed by atoms with Gasteiger partial charge in [-0.2, -0.15) is 4.31 Å². The van der Waals surface area contributed by atoms with Gasteiger partial charge in [0.1, 0.15) is 0 Å². The Labute approximate surface area is 170 Å². The summed E-state index contributed by atoms with van der Waals surface area (Å²) in [5.74, 6) is -0.476. The van der Waals surface area contributed by atoms with E-state index in [1.54, 1.807) is 29.2 Å². The van der Waals surface area contributed by atoms with Gasteiger partial charge in [0.15, 0.2) is 5.76 Å². The lowest BCUT2D eigenvalue weighted by Gasteiger charge is -2.33. The lowest BCUT2D eigenvalue weighted by molar-refractivity contribution is 0.0665. The highest BCUT2D eigenvalue weighted by Gasteiger charge is 2.29. The second kappa shape index (κ2) is 8.79. The number of amides is 2. The average Bonchev–Trinajstić information content (AvgIpc) is 3.24. The van der Waals surface area contributed by atoms with Gasteiger partial charge in [0, 0.05) is 38.3 Å². The zero-order valence-electron chi connectivity index (χ0n) is 16.6. The number of furan rings is 1. The highest BCUT2D eigenvalue weighted by Crippen LogP contribution is 2.13. The van der Waals surface area contributed by atoms with Gasteiger partial charge in [-0.1, -0.05) is 6.07 Å². The molecule has 2 amide bonds. The molecule has 0 unspecified atom stereocenters. The Bertz CT molecular complexity index is 978. The molecule has 29 heavy (non-hydrogen) atoms. The number of carbonyl (C=O) groups is 2. The van der Waals surface area contributed by atoms with Gasteiger partial charge >= 0.3 is 0 Å². The minimum absolute atomic E-state index is 0.0274. The molecule has 1 aliphatic rings. The van der Waals surface area contributed by atoms with Crippen LogP contribution in [0.5, 0.6) is 0 Å². The van der Waals surface area contributed by atoms with Crippen molar-refractivity contribution in [1.29, 1.82) is 0 Å². The lowest BCUT2D eigenvalue weighted by Crippen LogP contribution is -2.51. The molecule has 8 nitrogen and oxygen atoms in total. The fourth-order valence-corrected chi connectivity index (χ4v) is 4.47. The number of hydrogen-bond donors (Lipinski definition) is 1. The van der Waals surface area contributed by atoms with Crippen molar-refractivity contribution < 1.29 is 22.4 Å². The zero-order chi connectivity index (χ0) is 21.0. The fraction of sp³-hybridized carbons (Fsp3) is 0.400. The number of piperazine rings is 1. The Balaban J connectivity index is 1.48. The molecule has 0 atom stereocenters. The number of nitrogens with zero attached hydrogens (tertiary/aromatic N) is 2. The largest absolute Gasteiger partial charge is 0.459 e. The molecule has 1 saturated heterocycles. The second-order valence-corrected chi connectivity index (χ2v) is 9.13. The van der Waals surface area contributed by atoms with Gasteiger partial charge in [0.05, 0.1) is 12.0 Å². The van der Waals surface area contributed by atoms with Crippen LogP contribution in [0.2, 0.25) is 0 Å². The molecule has 1 aromatic carbocycles. The normalized spacial score (nSPS) is 15.3. The Morgan fingerprint density at radius 1 is 1.07 bits per heavy atom. The Morgan fingerprint density at radius 3 is 2.41 bits per heavy atom. The van der Waals surface area contributed by atoms with Crippen LogP contribution in [0.3, 0.4) is 0 Å². The van der Waals surface area contributed by atoms with Crippen molar-refractivity contribution in [3.63, 3.8) is 0 Å². The van der Waals surface area contributed by atoms with Gasteiger partial charge in [0.25, 0.3) is 11.8 Å². The van der Waals surface area contributed by atoms with Gasteiger partial charge in [-0.25, -0.2) is 8.42 Å². The number of nitrogens with one attached hydrogen (secondary N) is 1. The van der Waals surface area contributed by atoms with Gasteiger partial charge in [-0.05, 0) is 49.2 Å². The van der Waals surface area contributed by atoms with Crippen molar-refractivity contribution in [3.05, 3.63) is 59.0 Å². The van der Waals surface area contributed by atoms with Crippen molar-refractivity contribution in [2.45, 2.75) is 13.8 Å². The molecule has 2 aromatic rings. The van der Waals surface area contributed by atoms with E-state index in [0.29, 0.717) is 18.7 Å². The highest BCUT2D eigenvalue weighted by molar-refractivity contribution is 7.89. The molecule has 156 valence electrons. The third-order valence-electron chi connectivity index (χ3n) is 5.07. The number of benzene rings is 1. The third-order valence-corrected chi connectivity index (χ3v) is 6.94. The molecule has 0 radical (unpaired) electrons. The number of carbonyl (C=O) groups excluding carboxylic acids is 2. The average molecular weight is 420 g/mol. The van der Waals surface area contributed by atoms with Crippen LogP contribution in [0.1, 0.15) is 32.0 Å². The Kier molecular flexibility index (Phi) is 6.39. The predicted molar refractivity (Wildman–Crippen MR) is 108 cm³/mol. The summed E-state index contributed by atoms with van der Waals surface area (Å²) in [4.78, 5) is 26.1. The molecular weight excluding hydrogens is 394 g/mol. The topological polar surface area (TPSA) is 99.9 Å². The molecule has 3 rings (SSSR count). The SMILES string of the molecule is Cc1ccc(C(=O)NCCS(=O)(=O)N2CCN(C(=O)c3ccco3)CC2)cc1C. The first-order valence-corrected chi connectivity index (χ1v) is 11.0. The smallest absolute Gasteiger partial charge is 0.289 e. The molecular formula is C20H25N3O5S. The number of rotatable bonds is 6. The third kappa shape index (κ3) is 5.04. The fourth-order valence-electron chi connectivity index (χ4n) is 3.13. The summed E-state index contributed by atoms with van der Waals surface area (Å²) in [7, 11) is -3.52. The number of hydrogen-bond acceptors (Lipinski definition) is 5. The van der Waals surface area contributed by atoms with Crippen LogP contribution in [0.15, 0.2) is 41.0 Å². The summed E-state index contributed by atoms with van der Waals surface area (Å²) in [6, 6.07) is 8.60. The van der Waals surface area contributed by atoms with E-state index in [4.69, 9.17) is 4.42 Å². The second-order valence-electron chi connectivity index (χ2n) is 7.04. The first kappa shape index (κ1) is 21.1. The van der Waals surface area contributed by atoms with Crippen LogP contribution in [-0.2, 0) is 10.0 Å². The van der Waals surface area contributed by atoms with Crippen LogP contribution >= 0.6 is 0 Å². The summed E-state index contributed by atoms with van der Waals surface area (Å²) < 4.78 is 31.6. The summed E-state index contributed by atoms with van der Waals surface area (Å²) in [5.41, 5.74) is 2.61. The van der Waals surface area contributed by atoms with Crippen LogP contribution in [0.4, 0.5) is 0 Å². The van der Waals surface area contributed by atoms with Crippen molar-refractivity contribution in [1.82, 2.24) is 14.5 Å². The molecule has 0 saturated carbocycles. The van der Waals surface area contributed by atoms with Crippen LogP contribution < -0.4 is 5.32 Å². The van der Waals surface area contributed by atoms with E-state index in [0.717, 1.165) is 11.1 Å². The Morgan fingerprint density at radius 2 is 1.79 bits per heavy atom. The van der Waals surface area contributed by atoms with Gasteiger partial charge in [-0.15, -0.1) is 0 Å². The van der Waals surface area contributed by atoms with Gasteiger partial charge in [0.2, 0.25) is 10.0 Å². The van der Waals surface area contributed by atoms with E-state index in [1.165, 1.54) is 10.6 Å². The molecule has 1 aliphatic heterocycles. The van der Waals surface area contributed by atoms with Crippen molar-refractivity contribution in [3.8, 4) is 0 Å². The maximum atomic E-state index is 12.6. The van der Waals surface area contributed by atoms with Crippen LogP contribution in [0, 0.1) is 13.8 Å². The molecule has 2 heterocycles. The van der Waals surface area contributed by atoms with Crippen molar-refractivity contribution in [2.24, 2.45) is 0 Å². The summed E-state index contributed by atoms with van der Waals surface area (Å²) in [5, 5.41) is 2.66. The summed E-state index contributed by atoms with van der Waals surface area (Å²) in [6.45, 7) is 4.96. The first-order valence-electron chi connectivity index (χ1n) is 9.44. The number of sulfonamides is 1. The minimum Gasteiger partial charge on any atom is -0.459 e. The van der Waals surface area contributed by atoms with Crippen molar-refractivity contribution in [2.75, 3.05) is 38.5 Å².